The Kier molecular flexibility index (Phi) is 6.03. The van der Waals surface area contributed by atoms with Gasteiger partial charge in [-0.3, -0.25) is 0 Å². The van der Waals surface area contributed by atoms with Gasteiger partial charge in [0.15, 0.2) is 0 Å². The maximum Gasteiger partial charge on any atom is 0.410 e. The number of likely N-dealkylation sites (tertiary alicyclic amines) is 1. The maximum absolute atomic E-state index is 11.8. The first-order chi connectivity index (χ1) is 7.92. The second-order valence-electron chi connectivity index (χ2n) is 5.77. The number of carbonyl (C=O) groups excluding carboxylic acids is 1. The van der Waals surface area contributed by atoms with Gasteiger partial charge in [-0.25, -0.2) is 4.79 Å². The number of amides is 1. The van der Waals surface area contributed by atoms with Gasteiger partial charge in [0.05, 0.1) is 0 Å². The van der Waals surface area contributed by atoms with Crippen molar-refractivity contribution in [3.8, 4) is 0 Å². The molecule has 0 aromatic carbocycles. The molecule has 1 amide bonds. The fourth-order valence-electron chi connectivity index (χ4n) is 2.09. The molecule has 1 aliphatic rings. The molecule has 1 rings (SSSR count). The summed E-state index contributed by atoms with van der Waals surface area (Å²) in [5, 5.41) is 0. The molecule has 100 valence electrons. The quantitative estimate of drug-likeness (QED) is 0.437. The predicted molar refractivity (Wildman–Crippen MR) is 78.7 cm³/mol. The fourth-order valence-corrected chi connectivity index (χ4v) is 2.63. The molecule has 0 saturated carbocycles. The van der Waals surface area contributed by atoms with Crippen molar-refractivity contribution < 1.29 is 9.53 Å². The number of hydrogen-bond donors (Lipinski definition) is 0. The summed E-state index contributed by atoms with van der Waals surface area (Å²) in [7, 11) is 0. The third kappa shape index (κ3) is 5.93. The molecule has 1 unspecified atom stereocenters. The molecule has 1 fully saturated rings. The van der Waals surface area contributed by atoms with Gasteiger partial charge in [-0.05, 0) is 50.4 Å². The SMILES string of the molecule is CC(C)(C)OC(=O)N1CCC(CCCCI)C1. The average Bonchev–Trinajstić information content (AvgIpc) is 2.64. The standard InChI is InChI=1S/C13H24INO2/c1-13(2,3)17-12(16)15-9-7-11(10-15)6-4-5-8-14/h11H,4-10H2,1-3H3. The van der Waals surface area contributed by atoms with E-state index in [0.717, 1.165) is 19.5 Å². The zero-order chi connectivity index (χ0) is 12.9. The van der Waals surface area contributed by atoms with E-state index in [1.54, 1.807) is 0 Å². The van der Waals surface area contributed by atoms with Crippen LogP contribution in [-0.4, -0.2) is 34.1 Å². The molecule has 0 aliphatic carbocycles. The van der Waals surface area contributed by atoms with Gasteiger partial charge in [-0.1, -0.05) is 29.0 Å². The number of carbonyl (C=O) groups is 1. The monoisotopic (exact) mass is 353 g/mol. The maximum atomic E-state index is 11.8. The number of nitrogens with zero attached hydrogens (tertiary/aromatic N) is 1. The van der Waals surface area contributed by atoms with Gasteiger partial charge in [0, 0.05) is 13.1 Å². The second-order valence-corrected chi connectivity index (χ2v) is 6.84. The summed E-state index contributed by atoms with van der Waals surface area (Å²) in [5.41, 5.74) is -0.379. The molecule has 3 nitrogen and oxygen atoms in total. The van der Waals surface area contributed by atoms with Crippen molar-refractivity contribution in [1.29, 1.82) is 0 Å². The van der Waals surface area contributed by atoms with E-state index in [4.69, 9.17) is 4.74 Å². The van der Waals surface area contributed by atoms with E-state index in [0.29, 0.717) is 5.92 Å². The number of unbranched alkanes of at least 4 members (excludes halogenated alkanes) is 1. The van der Waals surface area contributed by atoms with E-state index < -0.39 is 0 Å². The van der Waals surface area contributed by atoms with Crippen LogP contribution in [0, 0.1) is 5.92 Å². The Labute approximate surface area is 118 Å². The molecule has 1 saturated heterocycles. The van der Waals surface area contributed by atoms with Crippen molar-refractivity contribution in [3.05, 3.63) is 0 Å². The van der Waals surface area contributed by atoms with E-state index in [1.807, 2.05) is 25.7 Å². The van der Waals surface area contributed by atoms with Crippen LogP contribution in [0.15, 0.2) is 0 Å². The largest absolute Gasteiger partial charge is 0.444 e. The Balaban J connectivity index is 2.27. The molecule has 1 aliphatic heterocycles. The van der Waals surface area contributed by atoms with Crippen LogP contribution in [0.25, 0.3) is 0 Å². The van der Waals surface area contributed by atoms with Gasteiger partial charge in [0.1, 0.15) is 5.60 Å². The van der Waals surface area contributed by atoms with Crippen molar-refractivity contribution in [2.75, 3.05) is 17.5 Å². The molecular formula is C13H24INO2. The summed E-state index contributed by atoms with van der Waals surface area (Å²) < 4.78 is 6.62. The van der Waals surface area contributed by atoms with Crippen molar-refractivity contribution >= 4 is 28.7 Å². The lowest BCUT2D eigenvalue weighted by atomic mass is 10.0. The van der Waals surface area contributed by atoms with Crippen molar-refractivity contribution in [3.63, 3.8) is 0 Å². The van der Waals surface area contributed by atoms with Crippen LogP contribution in [0.1, 0.15) is 46.5 Å². The lowest BCUT2D eigenvalue weighted by molar-refractivity contribution is 0.0287. The van der Waals surface area contributed by atoms with Gasteiger partial charge in [-0.2, -0.15) is 0 Å². The summed E-state index contributed by atoms with van der Waals surface area (Å²) in [6.45, 7) is 7.50. The number of halogens is 1. The van der Waals surface area contributed by atoms with Crippen LogP contribution >= 0.6 is 22.6 Å². The molecule has 4 heteroatoms. The zero-order valence-electron chi connectivity index (χ0n) is 11.2. The molecule has 1 atom stereocenters. The predicted octanol–water partition coefficient (Wildman–Crippen LogP) is 3.85. The summed E-state index contributed by atoms with van der Waals surface area (Å²) in [6, 6.07) is 0. The Bertz CT molecular complexity index is 250. The van der Waals surface area contributed by atoms with Gasteiger partial charge >= 0.3 is 6.09 Å². The first kappa shape index (κ1) is 15.1. The molecule has 0 radical (unpaired) electrons. The molecule has 0 N–H and O–H groups in total. The Morgan fingerprint density at radius 3 is 2.71 bits per heavy atom. The minimum absolute atomic E-state index is 0.145. The fraction of sp³-hybridized carbons (Fsp3) is 0.923. The zero-order valence-corrected chi connectivity index (χ0v) is 13.3. The first-order valence-electron chi connectivity index (χ1n) is 6.46. The Morgan fingerprint density at radius 2 is 2.12 bits per heavy atom. The van der Waals surface area contributed by atoms with Crippen LogP contribution in [-0.2, 0) is 4.74 Å². The second kappa shape index (κ2) is 6.81. The lowest BCUT2D eigenvalue weighted by Gasteiger charge is -2.24. The van der Waals surface area contributed by atoms with Crippen LogP contribution in [0.3, 0.4) is 0 Å². The van der Waals surface area contributed by atoms with Gasteiger partial charge in [-0.15, -0.1) is 0 Å². The number of hydrogen-bond acceptors (Lipinski definition) is 2. The van der Waals surface area contributed by atoms with E-state index in [-0.39, 0.29) is 11.7 Å². The van der Waals surface area contributed by atoms with Crippen LogP contribution in [0.4, 0.5) is 4.79 Å². The summed E-state index contributed by atoms with van der Waals surface area (Å²) in [4.78, 5) is 13.7. The minimum Gasteiger partial charge on any atom is -0.444 e. The van der Waals surface area contributed by atoms with E-state index in [2.05, 4.69) is 22.6 Å². The van der Waals surface area contributed by atoms with Crippen molar-refractivity contribution in [2.45, 2.75) is 52.1 Å². The smallest absolute Gasteiger partial charge is 0.410 e. The highest BCUT2D eigenvalue weighted by atomic mass is 127. The molecule has 0 bridgehead atoms. The molecule has 0 aromatic heterocycles. The molecular weight excluding hydrogens is 329 g/mol. The molecule has 1 heterocycles. The molecule has 0 aromatic rings. The first-order valence-corrected chi connectivity index (χ1v) is 7.99. The molecule has 0 spiro atoms. The van der Waals surface area contributed by atoms with Gasteiger partial charge in [0.25, 0.3) is 0 Å². The summed E-state index contributed by atoms with van der Waals surface area (Å²) in [6.07, 6.45) is 4.83. The van der Waals surface area contributed by atoms with Crippen LogP contribution in [0.2, 0.25) is 0 Å². The Morgan fingerprint density at radius 1 is 1.41 bits per heavy atom. The number of rotatable bonds is 4. The van der Waals surface area contributed by atoms with E-state index >= 15 is 0 Å². The average molecular weight is 353 g/mol. The lowest BCUT2D eigenvalue weighted by Crippen LogP contribution is -2.35. The number of ether oxygens (including phenoxy) is 1. The third-order valence-corrected chi connectivity index (χ3v) is 3.70. The number of alkyl halides is 1. The highest BCUT2D eigenvalue weighted by molar-refractivity contribution is 14.1. The van der Waals surface area contributed by atoms with Gasteiger partial charge < -0.3 is 9.64 Å². The third-order valence-electron chi connectivity index (χ3n) is 2.93. The van der Waals surface area contributed by atoms with Crippen LogP contribution < -0.4 is 0 Å². The highest BCUT2D eigenvalue weighted by Crippen LogP contribution is 2.23. The topological polar surface area (TPSA) is 29.5 Å². The van der Waals surface area contributed by atoms with E-state index in [9.17, 15) is 4.79 Å². The normalized spacial score (nSPS) is 20.7. The van der Waals surface area contributed by atoms with E-state index in [1.165, 1.54) is 23.7 Å². The minimum atomic E-state index is -0.379. The van der Waals surface area contributed by atoms with Crippen LogP contribution in [0.5, 0.6) is 0 Å². The highest BCUT2D eigenvalue weighted by Gasteiger charge is 2.29. The summed E-state index contributed by atoms with van der Waals surface area (Å²) in [5.74, 6) is 0.686. The summed E-state index contributed by atoms with van der Waals surface area (Å²) >= 11 is 2.42. The van der Waals surface area contributed by atoms with Crippen molar-refractivity contribution in [1.82, 2.24) is 4.90 Å². The van der Waals surface area contributed by atoms with Crippen molar-refractivity contribution in [2.24, 2.45) is 5.92 Å². The Hall–Kier alpha value is 0. The van der Waals surface area contributed by atoms with Gasteiger partial charge in [0.2, 0.25) is 0 Å². The molecule has 17 heavy (non-hydrogen) atoms.